The van der Waals surface area contributed by atoms with Crippen molar-refractivity contribution in [1.82, 2.24) is 20.2 Å². The first kappa shape index (κ1) is 21.6. The van der Waals surface area contributed by atoms with Gasteiger partial charge in [-0.25, -0.2) is 9.98 Å². The summed E-state index contributed by atoms with van der Waals surface area (Å²) in [6, 6.07) is 20.0. The molecule has 0 saturated heterocycles. The van der Waals surface area contributed by atoms with E-state index in [4.69, 9.17) is 0 Å². The number of hydrogen-bond donors (Lipinski definition) is 3. The van der Waals surface area contributed by atoms with E-state index in [2.05, 4.69) is 49.4 Å². The Labute approximate surface area is 178 Å². The fraction of sp³-hybridized carbons (Fsp3) is 0.333. The fourth-order valence-corrected chi connectivity index (χ4v) is 3.25. The van der Waals surface area contributed by atoms with E-state index in [0.29, 0.717) is 12.5 Å². The molecule has 0 spiro atoms. The Bertz CT molecular complexity index is 919. The summed E-state index contributed by atoms with van der Waals surface area (Å²) in [5, 5.41) is 17.4. The second kappa shape index (κ2) is 10.6. The summed E-state index contributed by atoms with van der Waals surface area (Å²) in [6.45, 7) is 6.35. The van der Waals surface area contributed by atoms with Gasteiger partial charge in [0.25, 0.3) is 0 Å². The van der Waals surface area contributed by atoms with Crippen LogP contribution in [-0.4, -0.2) is 40.3 Å². The van der Waals surface area contributed by atoms with Crippen LogP contribution in [0.2, 0.25) is 0 Å². The Kier molecular flexibility index (Phi) is 7.63. The molecule has 30 heavy (non-hydrogen) atoms. The lowest BCUT2D eigenvalue weighted by Crippen LogP contribution is -2.40. The molecule has 6 heteroatoms. The Balaban J connectivity index is 1.57. The summed E-state index contributed by atoms with van der Waals surface area (Å²) in [6.07, 6.45) is 4.63. The van der Waals surface area contributed by atoms with E-state index in [1.165, 1.54) is 5.56 Å². The quantitative estimate of drug-likeness (QED) is 0.378. The second-order valence-corrected chi connectivity index (χ2v) is 7.47. The van der Waals surface area contributed by atoms with Gasteiger partial charge in [0.05, 0.1) is 6.54 Å². The minimum absolute atomic E-state index is 0.273. The Morgan fingerprint density at radius 1 is 1.07 bits per heavy atom. The van der Waals surface area contributed by atoms with Crippen LogP contribution in [0.15, 0.2) is 78.0 Å². The highest BCUT2D eigenvalue weighted by molar-refractivity contribution is 5.79. The van der Waals surface area contributed by atoms with Gasteiger partial charge in [-0.2, -0.15) is 0 Å². The summed E-state index contributed by atoms with van der Waals surface area (Å²) < 4.78 is 2.17. The maximum atomic E-state index is 10.8. The van der Waals surface area contributed by atoms with Crippen molar-refractivity contribution in [2.24, 2.45) is 4.99 Å². The number of aliphatic imine (C=N–C) groups is 1. The van der Waals surface area contributed by atoms with Gasteiger partial charge in [-0.05, 0) is 25.0 Å². The van der Waals surface area contributed by atoms with Crippen molar-refractivity contribution in [2.75, 3.05) is 19.6 Å². The predicted octanol–water partition coefficient (Wildman–Crippen LogP) is 2.94. The number of guanidine groups is 1. The Morgan fingerprint density at radius 2 is 1.77 bits per heavy atom. The molecule has 0 aliphatic heterocycles. The smallest absolute Gasteiger partial charge is 0.191 e. The average Bonchev–Trinajstić information content (AvgIpc) is 3.20. The number of aromatic nitrogens is 2. The SMILES string of the molecule is CCNC(=NCC(C)(O)c1ccccc1)NCCc1nccn1Cc1ccccc1. The third-order valence-corrected chi connectivity index (χ3v) is 4.92. The van der Waals surface area contributed by atoms with E-state index in [9.17, 15) is 5.11 Å². The molecule has 0 saturated carbocycles. The Hall–Kier alpha value is -3.12. The van der Waals surface area contributed by atoms with Crippen LogP contribution in [0, 0.1) is 0 Å². The van der Waals surface area contributed by atoms with Crippen LogP contribution in [0.25, 0.3) is 0 Å². The van der Waals surface area contributed by atoms with Crippen LogP contribution >= 0.6 is 0 Å². The van der Waals surface area contributed by atoms with Crippen molar-refractivity contribution >= 4 is 5.96 Å². The van der Waals surface area contributed by atoms with Crippen molar-refractivity contribution in [3.05, 3.63) is 90.0 Å². The number of aliphatic hydroxyl groups is 1. The zero-order valence-corrected chi connectivity index (χ0v) is 17.8. The van der Waals surface area contributed by atoms with Gasteiger partial charge in [0, 0.05) is 38.4 Å². The molecular weight excluding hydrogens is 374 g/mol. The molecule has 0 aliphatic rings. The molecule has 158 valence electrons. The molecule has 1 aromatic heterocycles. The zero-order chi connectivity index (χ0) is 21.2. The molecular formula is C24H31N5O. The number of nitrogens with one attached hydrogen (secondary N) is 2. The molecule has 1 unspecified atom stereocenters. The topological polar surface area (TPSA) is 74.5 Å². The monoisotopic (exact) mass is 405 g/mol. The van der Waals surface area contributed by atoms with Crippen LogP contribution < -0.4 is 10.6 Å². The molecule has 3 rings (SSSR count). The highest BCUT2D eigenvalue weighted by Gasteiger charge is 2.22. The first-order valence-electron chi connectivity index (χ1n) is 10.4. The number of benzene rings is 2. The van der Waals surface area contributed by atoms with Crippen LogP contribution in [0.5, 0.6) is 0 Å². The van der Waals surface area contributed by atoms with E-state index in [-0.39, 0.29) is 6.54 Å². The molecule has 1 heterocycles. The largest absolute Gasteiger partial charge is 0.384 e. The van der Waals surface area contributed by atoms with E-state index in [0.717, 1.165) is 30.9 Å². The molecule has 1 atom stereocenters. The van der Waals surface area contributed by atoms with Crippen LogP contribution in [0.4, 0.5) is 0 Å². The van der Waals surface area contributed by atoms with E-state index in [1.54, 1.807) is 6.92 Å². The van der Waals surface area contributed by atoms with Crippen molar-refractivity contribution in [3.63, 3.8) is 0 Å². The summed E-state index contributed by atoms with van der Waals surface area (Å²) >= 11 is 0. The van der Waals surface area contributed by atoms with Crippen LogP contribution in [-0.2, 0) is 18.6 Å². The maximum absolute atomic E-state index is 10.8. The van der Waals surface area contributed by atoms with Gasteiger partial charge in [0.1, 0.15) is 11.4 Å². The van der Waals surface area contributed by atoms with Gasteiger partial charge in [-0.15, -0.1) is 0 Å². The lowest BCUT2D eigenvalue weighted by Gasteiger charge is -2.22. The van der Waals surface area contributed by atoms with E-state index in [1.807, 2.05) is 55.7 Å². The van der Waals surface area contributed by atoms with E-state index < -0.39 is 5.60 Å². The van der Waals surface area contributed by atoms with Crippen molar-refractivity contribution in [1.29, 1.82) is 0 Å². The van der Waals surface area contributed by atoms with Gasteiger partial charge < -0.3 is 20.3 Å². The standard InChI is InChI=1S/C24H31N5O/c1-3-25-23(28-19-24(2,30)21-12-8-5-9-13-21)27-15-14-22-26-16-17-29(22)18-20-10-6-4-7-11-20/h4-13,16-17,30H,3,14-15,18-19H2,1-2H3,(H2,25,27,28). The maximum Gasteiger partial charge on any atom is 0.191 e. The van der Waals surface area contributed by atoms with Crippen LogP contribution in [0.3, 0.4) is 0 Å². The molecule has 0 radical (unpaired) electrons. The molecule has 0 amide bonds. The normalized spacial score (nSPS) is 13.6. The summed E-state index contributed by atoms with van der Waals surface area (Å²) in [5.41, 5.74) is 1.09. The number of nitrogens with zero attached hydrogens (tertiary/aromatic N) is 3. The lowest BCUT2D eigenvalue weighted by molar-refractivity contribution is 0.0672. The summed E-state index contributed by atoms with van der Waals surface area (Å²) in [7, 11) is 0. The van der Waals surface area contributed by atoms with Crippen molar-refractivity contribution in [2.45, 2.75) is 32.4 Å². The summed E-state index contributed by atoms with van der Waals surface area (Å²) in [4.78, 5) is 9.09. The molecule has 3 aromatic rings. The van der Waals surface area contributed by atoms with Crippen molar-refractivity contribution in [3.8, 4) is 0 Å². The molecule has 0 aliphatic carbocycles. The molecule has 2 aromatic carbocycles. The number of rotatable bonds is 9. The average molecular weight is 406 g/mol. The van der Waals surface area contributed by atoms with Crippen molar-refractivity contribution < 1.29 is 5.11 Å². The van der Waals surface area contributed by atoms with Gasteiger partial charge in [0.2, 0.25) is 0 Å². The highest BCUT2D eigenvalue weighted by atomic mass is 16.3. The number of hydrogen-bond acceptors (Lipinski definition) is 3. The van der Waals surface area contributed by atoms with Gasteiger partial charge in [-0.1, -0.05) is 60.7 Å². The third kappa shape index (κ3) is 6.19. The van der Waals surface area contributed by atoms with E-state index >= 15 is 0 Å². The summed E-state index contributed by atoms with van der Waals surface area (Å²) in [5.74, 6) is 1.72. The van der Waals surface area contributed by atoms with Gasteiger partial charge >= 0.3 is 0 Å². The minimum atomic E-state index is -1.02. The first-order chi connectivity index (χ1) is 14.6. The van der Waals surface area contributed by atoms with Gasteiger partial charge in [-0.3, -0.25) is 0 Å². The zero-order valence-electron chi connectivity index (χ0n) is 17.8. The Morgan fingerprint density at radius 3 is 2.47 bits per heavy atom. The van der Waals surface area contributed by atoms with Crippen LogP contribution in [0.1, 0.15) is 30.8 Å². The molecule has 0 fully saturated rings. The minimum Gasteiger partial charge on any atom is -0.384 e. The fourth-order valence-electron chi connectivity index (χ4n) is 3.25. The molecule has 3 N–H and O–H groups in total. The molecule has 6 nitrogen and oxygen atoms in total. The second-order valence-electron chi connectivity index (χ2n) is 7.47. The predicted molar refractivity (Wildman–Crippen MR) is 121 cm³/mol. The van der Waals surface area contributed by atoms with Gasteiger partial charge in [0.15, 0.2) is 5.96 Å². The number of imidazole rings is 1. The highest BCUT2D eigenvalue weighted by Crippen LogP contribution is 2.20. The first-order valence-corrected chi connectivity index (χ1v) is 10.4. The lowest BCUT2D eigenvalue weighted by atomic mass is 9.96. The third-order valence-electron chi connectivity index (χ3n) is 4.92. The molecule has 0 bridgehead atoms.